The molecule has 3 heterocycles. The summed E-state index contributed by atoms with van der Waals surface area (Å²) in [6.45, 7) is 4.35. The van der Waals surface area contributed by atoms with Crippen LogP contribution in [0.25, 0.3) is 11.4 Å². The lowest BCUT2D eigenvalue weighted by Gasteiger charge is -2.34. The number of hydrogen-bond acceptors (Lipinski definition) is 3. The van der Waals surface area contributed by atoms with E-state index in [4.69, 9.17) is 0 Å². The van der Waals surface area contributed by atoms with E-state index in [-0.39, 0.29) is 17.9 Å². The number of aromatic nitrogens is 3. The molecule has 1 aromatic carbocycles. The summed E-state index contributed by atoms with van der Waals surface area (Å²) in [5.74, 6) is 1.53. The van der Waals surface area contributed by atoms with Crippen LogP contribution >= 0.6 is 12.4 Å². The van der Waals surface area contributed by atoms with Gasteiger partial charge in [-0.1, -0.05) is 30.3 Å². The average Bonchev–Trinajstić information content (AvgIpc) is 2.96. The van der Waals surface area contributed by atoms with Crippen molar-refractivity contribution in [3.05, 3.63) is 59.7 Å². The van der Waals surface area contributed by atoms with Crippen LogP contribution in [0.5, 0.6) is 0 Å². The summed E-state index contributed by atoms with van der Waals surface area (Å²) in [6, 6.07) is 11.6. The van der Waals surface area contributed by atoms with Gasteiger partial charge in [0.15, 0.2) is 0 Å². The van der Waals surface area contributed by atoms with Crippen LogP contribution in [0.3, 0.4) is 0 Å². The summed E-state index contributed by atoms with van der Waals surface area (Å²) in [4.78, 5) is 12.6. The van der Waals surface area contributed by atoms with Crippen LogP contribution in [-0.4, -0.2) is 26.5 Å². The zero-order valence-corrected chi connectivity index (χ0v) is 15.3. The summed E-state index contributed by atoms with van der Waals surface area (Å²) in [7, 11) is 0. The number of fused-ring (bicyclic) bond motifs is 1. The van der Waals surface area contributed by atoms with Crippen LogP contribution in [-0.2, 0) is 0 Å². The molecule has 0 bridgehead atoms. The van der Waals surface area contributed by atoms with Gasteiger partial charge >= 0.3 is 0 Å². The first-order chi connectivity index (χ1) is 11.2. The fraction of sp³-hybridized carbons (Fsp3) is 0.368. The van der Waals surface area contributed by atoms with Gasteiger partial charge in [0.05, 0.1) is 11.9 Å². The van der Waals surface area contributed by atoms with Gasteiger partial charge in [-0.2, -0.15) is 0 Å². The Morgan fingerprint density at radius 1 is 1.04 bits per heavy atom. The Morgan fingerprint density at radius 3 is 2.56 bits per heavy atom. The molecule has 4 rings (SSSR count). The number of aryl methyl sites for hydroxylation is 1. The van der Waals surface area contributed by atoms with Gasteiger partial charge in [-0.3, -0.25) is 4.98 Å². The molecular weight excluding hydrogens is 336 g/mol. The Hall–Kier alpha value is -1.95. The normalized spacial score (nSPS) is 22.9. The van der Waals surface area contributed by atoms with Crippen molar-refractivity contribution < 1.29 is 5.48 Å². The number of nitrogens with zero attached hydrogens (tertiary/aromatic N) is 2. The van der Waals surface area contributed by atoms with Crippen LogP contribution in [0.4, 0.5) is 0 Å². The standard InChI is InChI=1S/C19H22N4.ClH.H2O/c1-12-10-20-17-11-21-19(23-18(12)17)15-8-13(2)22-16(9-15)14-6-4-3-5-7-14;;/h3-7,10-11,13,15-16,22H,8-9H2,1-2H3,(H,21,23);1H;1H2. The van der Waals surface area contributed by atoms with Crippen molar-refractivity contribution in [2.24, 2.45) is 0 Å². The first kappa shape index (κ1) is 19.4. The van der Waals surface area contributed by atoms with E-state index in [9.17, 15) is 0 Å². The van der Waals surface area contributed by atoms with Gasteiger partial charge in [0.1, 0.15) is 11.5 Å². The van der Waals surface area contributed by atoms with E-state index in [1.165, 1.54) is 11.1 Å². The second-order valence-electron chi connectivity index (χ2n) is 6.67. The van der Waals surface area contributed by atoms with Crippen molar-refractivity contribution in [3.63, 3.8) is 0 Å². The first-order valence-electron chi connectivity index (χ1n) is 8.32. The molecule has 0 spiro atoms. The summed E-state index contributed by atoms with van der Waals surface area (Å²) in [6.07, 6.45) is 5.98. The lowest BCUT2D eigenvalue weighted by atomic mass is 9.85. The highest BCUT2D eigenvalue weighted by Gasteiger charge is 2.29. The highest BCUT2D eigenvalue weighted by atomic mass is 35.5. The third-order valence-electron chi connectivity index (χ3n) is 4.86. The number of piperidine rings is 1. The molecule has 1 saturated heterocycles. The zero-order valence-electron chi connectivity index (χ0n) is 14.5. The van der Waals surface area contributed by atoms with E-state index >= 15 is 0 Å². The first-order valence-corrected chi connectivity index (χ1v) is 8.32. The van der Waals surface area contributed by atoms with Gasteiger partial charge in [0, 0.05) is 24.2 Å². The predicted octanol–water partition coefficient (Wildman–Crippen LogP) is 3.41. The molecule has 6 heteroatoms. The van der Waals surface area contributed by atoms with Gasteiger partial charge in [0.2, 0.25) is 0 Å². The molecule has 5 nitrogen and oxygen atoms in total. The van der Waals surface area contributed by atoms with Crippen LogP contribution in [0.1, 0.15) is 48.7 Å². The molecular formula is C19H25ClN4O. The van der Waals surface area contributed by atoms with E-state index in [0.717, 1.165) is 30.1 Å². The van der Waals surface area contributed by atoms with Gasteiger partial charge in [-0.25, -0.2) is 4.98 Å². The van der Waals surface area contributed by atoms with Crippen molar-refractivity contribution in [2.45, 2.75) is 44.7 Å². The van der Waals surface area contributed by atoms with Crippen molar-refractivity contribution in [2.75, 3.05) is 0 Å². The number of halogens is 1. The Bertz CT molecular complexity index is 776. The maximum Gasteiger partial charge on any atom is 0.109 e. The molecule has 1 fully saturated rings. The average molecular weight is 361 g/mol. The molecule has 3 aliphatic rings. The second kappa shape index (κ2) is 7.95. The lowest BCUT2D eigenvalue weighted by molar-refractivity contribution is 0.299. The van der Waals surface area contributed by atoms with Crippen molar-refractivity contribution >= 4 is 12.4 Å². The monoisotopic (exact) mass is 360 g/mol. The topological polar surface area (TPSA) is 85.1 Å². The molecule has 3 unspecified atom stereocenters. The van der Waals surface area contributed by atoms with E-state index in [2.05, 4.69) is 64.4 Å². The van der Waals surface area contributed by atoms with Crippen LogP contribution in [0.15, 0.2) is 42.7 Å². The van der Waals surface area contributed by atoms with Crippen LogP contribution in [0.2, 0.25) is 0 Å². The number of benzene rings is 1. The summed E-state index contributed by atoms with van der Waals surface area (Å²) in [5, 5.41) is 3.72. The maximum atomic E-state index is 4.66. The molecule has 134 valence electrons. The Kier molecular flexibility index (Phi) is 6.16. The smallest absolute Gasteiger partial charge is 0.109 e. The quantitative estimate of drug-likeness (QED) is 0.734. The molecule has 0 saturated carbocycles. The highest BCUT2D eigenvalue weighted by Crippen LogP contribution is 2.36. The van der Waals surface area contributed by atoms with Crippen molar-refractivity contribution in [1.29, 1.82) is 0 Å². The third-order valence-corrected chi connectivity index (χ3v) is 4.86. The predicted molar refractivity (Wildman–Crippen MR) is 102 cm³/mol. The zero-order chi connectivity index (χ0) is 15.8. The molecule has 0 radical (unpaired) electrons. The van der Waals surface area contributed by atoms with E-state index < -0.39 is 0 Å². The molecule has 0 aromatic heterocycles. The van der Waals surface area contributed by atoms with Crippen molar-refractivity contribution in [1.82, 2.24) is 20.3 Å². The van der Waals surface area contributed by atoms with Gasteiger partial charge < -0.3 is 15.8 Å². The minimum absolute atomic E-state index is 0. The van der Waals surface area contributed by atoms with Gasteiger partial charge in [-0.15, -0.1) is 12.4 Å². The van der Waals surface area contributed by atoms with Crippen LogP contribution in [0, 0.1) is 6.92 Å². The van der Waals surface area contributed by atoms with E-state index in [1.54, 1.807) is 0 Å². The largest absolute Gasteiger partial charge is 0.412 e. The van der Waals surface area contributed by atoms with Crippen LogP contribution < -0.4 is 5.32 Å². The molecule has 1 aromatic rings. The SMILES string of the molecule is Cc1cnc2cnc(C3CC(C)NC(c4ccccc4)C3)[nH]c1-2.Cl.O. The minimum atomic E-state index is 0. The number of nitrogens with one attached hydrogen (secondary N) is 2. The molecule has 4 N–H and O–H groups in total. The molecule has 25 heavy (non-hydrogen) atoms. The Balaban J connectivity index is 0.00000113. The molecule has 0 amide bonds. The Morgan fingerprint density at radius 2 is 1.80 bits per heavy atom. The van der Waals surface area contributed by atoms with E-state index in [0.29, 0.717) is 18.0 Å². The van der Waals surface area contributed by atoms with Gasteiger partial charge in [-0.05, 0) is 37.8 Å². The number of H-pyrrole nitrogens is 1. The van der Waals surface area contributed by atoms with Gasteiger partial charge in [0.25, 0.3) is 0 Å². The second-order valence-corrected chi connectivity index (χ2v) is 6.67. The number of hydrogen-bond donors (Lipinski definition) is 2. The summed E-state index contributed by atoms with van der Waals surface area (Å²) < 4.78 is 0. The Labute approximate surface area is 154 Å². The fourth-order valence-electron chi connectivity index (χ4n) is 3.68. The lowest BCUT2D eigenvalue weighted by Crippen LogP contribution is -2.38. The summed E-state index contributed by atoms with van der Waals surface area (Å²) >= 11 is 0. The van der Waals surface area contributed by atoms with E-state index in [1.807, 2.05) is 12.4 Å². The maximum absolute atomic E-state index is 4.66. The third kappa shape index (κ3) is 3.84. The van der Waals surface area contributed by atoms with Crippen molar-refractivity contribution in [3.8, 4) is 11.4 Å². The molecule has 3 atom stereocenters. The molecule has 3 aliphatic heterocycles. The minimum Gasteiger partial charge on any atom is -0.412 e. The number of aromatic amines is 1. The fourth-order valence-corrected chi connectivity index (χ4v) is 3.68. The highest BCUT2D eigenvalue weighted by molar-refractivity contribution is 5.85. The summed E-state index contributed by atoms with van der Waals surface area (Å²) in [5.41, 5.74) is 4.62. The molecule has 0 aliphatic carbocycles. The number of rotatable bonds is 2.